The predicted octanol–water partition coefficient (Wildman–Crippen LogP) is 16.3. The summed E-state index contributed by atoms with van der Waals surface area (Å²) in [6, 6.07) is 0. The Hall–Kier alpha value is -4.31. The highest BCUT2D eigenvalue weighted by atomic mass is 16.7. The van der Waals surface area contributed by atoms with Crippen molar-refractivity contribution >= 4 is 17.9 Å². The molecule has 75 heavy (non-hydrogen) atoms. The van der Waals surface area contributed by atoms with E-state index in [4.69, 9.17) is 18.9 Å². The smallest absolute Gasteiger partial charge is 0.306 e. The average Bonchev–Trinajstić information content (AvgIpc) is 3.38. The summed E-state index contributed by atoms with van der Waals surface area (Å²) in [5, 5.41) is 11.8. The van der Waals surface area contributed by atoms with Crippen molar-refractivity contribution in [3.05, 3.63) is 122 Å². The second kappa shape index (κ2) is 55.9. The number of carboxylic acid groups (broad SMARTS) is 1. The number of likely N-dealkylation sites (N-methyl/N-ethyl adjacent to an activating group) is 1. The number of rotatable bonds is 53. The molecule has 2 unspecified atom stereocenters. The number of aliphatic carboxylic acids is 1. The van der Waals surface area contributed by atoms with E-state index >= 15 is 0 Å². The lowest BCUT2D eigenvalue weighted by atomic mass is 10.0. The minimum atomic E-state index is -1.63. The first kappa shape index (κ1) is 70.7. The molecule has 0 amide bonds. The van der Waals surface area contributed by atoms with Crippen LogP contribution in [0.5, 0.6) is 0 Å². The van der Waals surface area contributed by atoms with Crippen LogP contribution in [0.3, 0.4) is 0 Å². The number of nitrogens with zero attached hydrogens (tertiary/aromatic N) is 1. The van der Waals surface area contributed by atoms with E-state index in [0.717, 1.165) is 122 Å². The summed E-state index contributed by atoms with van der Waals surface area (Å²) in [5.41, 5.74) is 0. The fourth-order valence-corrected chi connectivity index (χ4v) is 7.71. The molecular weight excluding hydrogens is 935 g/mol. The van der Waals surface area contributed by atoms with Crippen LogP contribution in [0.4, 0.5) is 0 Å². The lowest BCUT2D eigenvalue weighted by Gasteiger charge is -2.26. The molecule has 9 heteroatoms. The fourth-order valence-electron chi connectivity index (χ4n) is 7.71. The van der Waals surface area contributed by atoms with Crippen molar-refractivity contribution in [2.24, 2.45) is 0 Å². The Labute approximate surface area is 459 Å². The van der Waals surface area contributed by atoms with Gasteiger partial charge in [-0.2, -0.15) is 0 Å². The van der Waals surface area contributed by atoms with Crippen LogP contribution >= 0.6 is 0 Å². The van der Waals surface area contributed by atoms with Crippen LogP contribution in [0, 0.1) is 0 Å². The Kier molecular flexibility index (Phi) is 52.7. The van der Waals surface area contributed by atoms with Gasteiger partial charge in [0, 0.05) is 12.8 Å². The summed E-state index contributed by atoms with van der Waals surface area (Å²) < 4.78 is 22.7. The van der Waals surface area contributed by atoms with Crippen LogP contribution in [-0.4, -0.2) is 82.3 Å². The predicted molar refractivity (Wildman–Crippen MR) is 315 cm³/mol. The molecular formula is C66H109NO8. The largest absolute Gasteiger partial charge is 0.545 e. The second-order valence-corrected chi connectivity index (χ2v) is 20.5. The highest BCUT2D eigenvalue weighted by molar-refractivity contribution is 5.70. The fraction of sp³-hybridized carbons (Fsp3) is 0.652. The second-order valence-electron chi connectivity index (χ2n) is 20.5. The molecule has 0 aliphatic heterocycles. The summed E-state index contributed by atoms with van der Waals surface area (Å²) in [4.78, 5) is 37.3. The number of esters is 2. The number of carbonyl (C=O) groups excluding carboxylic acids is 3. The van der Waals surface area contributed by atoms with Gasteiger partial charge in [-0.3, -0.25) is 9.59 Å². The molecule has 0 saturated carbocycles. The summed E-state index contributed by atoms with van der Waals surface area (Å²) in [5.74, 6) is -2.32. The number of quaternary nitrogens is 1. The van der Waals surface area contributed by atoms with Gasteiger partial charge in [-0.1, -0.05) is 225 Å². The maximum absolute atomic E-state index is 12.9. The van der Waals surface area contributed by atoms with Crippen LogP contribution in [0.2, 0.25) is 0 Å². The van der Waals surface area contributed by atoms with Crippen molar-refractivity contribution in [2.45, 2.75) is 232 Å². The first-order chi connectivity index (χ1) is 36.6. The topological polar surface area (TPSA) is 111 Å². The molecule has 0 N–H and O–H groups in total. The number of ether oxygens (including phenoxy) is 4. The molecule has 0 aliphatic carbocycles. The monoisotopic (exact) mass is 1040 g/mol. The van der Waals surface area contributed by atoms with Crippen molar-refractivity contribution in [3.63, 3.8) is 0 Å². The summed E-state index contributed by atoms with van der Waals surface area (Å²) in [7, 11) is 5.91. The van der Waals surface area contributed by atoms with Gasteiger partial charge in [0.1, 0.15) is 13.2 Å². The van der Waals surface area contributed by atoms with E-state index < -0.39 is 24.3 Å². The maximum Gasteiger partial charge on any atom is 0.306 e. The Balaban J connectivity index is 4.30. The molecule has 0 saturated heterocycles. The van der Waals surface area contributed by atoms with Gasteiger partial charge in [-0.25, -0.2) is 0 Å². The molecule has 0 aliphatic rings. The van der Waals surface area contributed by atoms with Crippen LogP contribution in [0.25, 0.3) is 0 Å². The number of carbonyl (C=O) groups is 3. The van der Waals surface area contributed by atoms with Gasteiger partial charge in [-0.15, -0.1) is 0 Å². The summed E-state index contributed by atoms with van der Waals surface area (Å²) in [6.07, 6.45) is 75.2. The van der Waals surface area contributed by atoms with E-state index in [1.54, 1.807) is 0 Å². The molecule has 2 atom stereocenters. The third-order valence-corrected chi connectivity index (χ3v) is 12.2. The molecule has 0 bridgehead atoms. The van der Waals surface area contributed by atoms with Crippen molar-refractivity contribution in [1.82, 2.24) is 0 Å². The molecule has 0 aromatic rings. The quantitative estimate of drug-likeness (QED) is 0.0195. The number of unbranched alkanes of at least 4 members (excludes halogenated alkanes) is 18. The van der Waals surface area contributed by atoms with Crippen molar-refractivity contribution in [3.8, 4) is 0 Å². The first-order valence-electron chi connectivity index (χ1n) is 29.7. The van der Waals surface area contributed by atoms with E-state index in [1.807, 2.05) is 21.1 Å². The third kappa shape index (κ3) is 57.2. The van der Waals surface area contributed by atoms with Gasteiger partial charge < -0.3 is 33.3 Å². The van der Waals surface area contributed by atoms with Crippen LogP contribution in [0.1, 0.15) is 219 Å². The third-order valence-electron chi connectivity index (χ3n) is 12.2. The van der Waals surface area contributed by atoms with E-state index in [2.05, 4.69) is 135 Å². The van der Waals surface area contributed by atoms with E-state index in [9.17, 15) is 19.5 Å². The number of hydrogen-bond acceptors (Lipinski definition) is 8. The number of hydrogen-bond donors (Lipinski definition) is 0. The lowest BCUT2D eigenvalue weighted by Crippen LogP contribution is -2.44. The van der Waals surface area contributed by atoms with Gasteiger partial charge in [0.05, 0.1) is 40.3 Å². The SMILES string of the molecule is CC/C=C\C/C=C\C/C=C\C/C=C\C/C=C\C/C=C\CCCCCCCCC(=O)OC(COC(=O)CCCCCCCCCCCCCC/C=C\C/C=C\C/C=C\C/C=C\CC)COC(OCC[N+](C)(C)C)C(=O)[O-]. The minimum absolute atomic E-state index is 0.138. The Bertz CT molecular complexity index is 1640. The van der Waals surface area contributed by atoms with E-state index in [-0.39, 0.29) is 38.6 Å². The Morgan fingerprint density at radius 3 is 1.07 bits per heavy atom. The zero-order valence-electron chi connectivity index (χ0n) is 48.4. The highest BCUT2D eigenvalue weighted by Crippen LogP contribution is 2.15. The van der Waals surface area contributed by atoms with Crippen molar-refractivity contribution in [2.75, 3.05) is 47.5 Å². The molecule has 0 rings (SSSR count). The molecule has 0 aromatic carbocycles. The summed E-state index contributed by atoms with van der Waals surface area (Å²) >= 11 is 0. The Morgan fingerprint density at radius 1 is 0.400 bits per heavy atom. The van der Waals surface area contributed by atoms with Crippen molar-refractivity contribution in [1.29, 1.82) is 0 Å². The molecule has 0 radical (unpaired) electrons. The normalized spacial score (nSPS) is 13.7. The van der Waals surface area contributed by atoms with Gasteiger partial charge in [0.15, 0.2) is 12.4 Å². The number of allylic oxidation sites excluding steroid dienone is 20. The molecule has 0 aromatic heterocycles. The van der Waals surface area contributed by atoms with Gasteiger partial charge >= 0.3 is 11.9 Å². The minimum Gasteiger partial charge on any atom is -0.545 e. The zero-order chi connectivity index (χ0) is 54.8. The van der Waals surface area contributed by atoms with E-state index in [0.29, 0.717) is 17.4 Å². The van der Waals surface area contributed by atoms with Crippen LogP contribution < -0.4 is 5.11 Å². The summed E-state index contributed by atoms with van der Waals surface area (Å²) in [6.45, 7) is 4.49. The average molecular weight is 1040 g/mol. The lowest BCUT2D eigenvalue weighted by molar-refractivity contribution is -0.870. The maximum atomic E-state index is 12.9. The van der Waals surface area contributed by atoms with Crippen molar-refractivity contribution < 1.29 is 42.9 Å². The molecule has 9 nitrogen and oxygen atoms in total. The van der Waals surface area contributed by atoms with Gasteiger partial charge in [-0.05, 0) is 103 Å². The number of carboxylic acids is 1. The highest BCUT2D eigenvalue weighted by Gasteiger charge is 2.22. The molecule has 0 fully saturated rings. The zero-order valence-corrected chi connectivity index (χ0v) is 48.4. The Morgan fingerprint density at radius 2 is 0.720 bits per heavy atom. The van der Waals surface area contributed by atoms with E-state index in [1.165, 1.54) is 64.2 Å². The van der Waals surface area contributed by atoms with Gasteiger partial charge in [0.25, 0.3) is 0 Å². The van der Waals surface area contributed by atoms with Crippen LogP contribution in [0.15, 0.2) is 122 Å². The molecule has 0 spiro atoms. The van der Waals surface area contributed by atoms with Crippen LogP contribution in [-0.2, 0) is 33.3 Å². The molecule has 0 heterocycles. The van der Waals surface area contributed by atoms with Gasteiger partial charge in [0.2, 0.25) is 0 Å². The standard InChI is InChI=1S/C66H109NO8/c1-6-8-10-12-14-16-18-20-22-24-26-28-30-32-34-36-38-40-42-44-46-48-50-52-54-56-63(68)73-60-62(61-74-66(65(70)71)72-59-58-67(3,4)5)75-64(69)57-55-53-51-49-47-45-43-41-39-37-35-33-31-29-27-25-23-21-19-17-15-13-11-9-7-2/h8-11,14-17,20-23,26-29,33,35,39,41,62,66H,6-7,12-13,18-19,24-25,30-32,34,36-38,40,42-61H2,1-5H3/b10-8-,11-9-,16-14-,17-15-,22-20-,23-21-,28-26-,29-27-,35-33-,41-39-. The first-order valence-corrected chi connectivity index (χ1v) is 29.7. The molecule has 426 valence electrons.